The number of aromatic nitrogens is 3. The van der Waals surface area contributed by atoms with E-state index < -0.39 is 0 Å². The average molecular weight is 411 g/mol. The van der Waals surface area contributed by atoms with Gasteiger partial charge in [-0.15, -0.1) is 0 Å². The molecule has 9 nitrogen and oxygen atoms in total. The smallest absolute Gasteiger partial charge is 0.229 e. The number of hydrogen-bond acceptors (Lipinski definition) is 7. The number of anilines is 2. The van der Waals surface area contributed by atoms with Crippen LogP contribution in [0.2, 0.25) is 0 Å². The fourth-order valence-electron chi connectivity index (χ4n) is 3.58. The highest BCUT2D eigenvalue weighted by Gasteiger charge is 2.20. The Kier molecular flexibility index (Phi) is 5.71. The molecule has 0 unspecified atom stereocenters. The Morgan fingerprint density at radius 1 is 1.20 bits per heavy atom. The molecule has 9 heteroatoms. The third-order valence-electron chi connectivity index (χ3n) is 5.08. The van der Waals surface area contributed by atoms with Gasteiger partial charge in [0.2, 0.25) is 5.91 Å². The summed E-state index contributed by atoms with van der Waals surface area (Å²) in [6, 6.07) is 5.45. The molecule has 0 radical (unpaired) electrons. The lowest BCUT2D eigenvalue weighted by Gasteiger charge is -2.27. The standard InChI is InChI=1S/C21H25N5O4/c1-14-19(24-18(27)13-15-4-5-16(28-2)17(12-15)29-3)26-7-6-22-20(21(26)23-14)25-8-10-30-11-9-25/h4-7,12H,8-11,13H2,1-3H3,(H,24,27). The van der Waals surface area contributed by atoms with Crippen LogP contribution in [0.4, 0.5) is 11.6 Å². The molecule has 2 aromatic heterocycles. The number of rotatable bonds is 6. The summed E-state index contributed by atoms with van der Waals surface area (Å²) in [7, 11) is 3.15. The van der Waals surface area contributed by atoms with Crippen molar-refractivity contribution in [2.75, 3.05) is 50.7 Å². The third-order valence-corrected chi connectivity index (χ3v) is 5.08. The zero-order chi connectivity index (χ0) is 21.1. The predicted octanol–water partition coefficient (Wildman–Crippen LogP) is 2.07. The molecule has 0 spiro atoms. The van der Waals surface area contributed by atoms with Crippen molar-refractivity contribution >= 4 is 23.2 Å². The maximum atomic E-state index is 12.7. The van der Waals surface area contributed by atoms with Gasteiger partial charge in [-0.2, -0.15) is 0 Å². The molecule has 1 saturated heterocycles. The lowest BCUT2D eigenvalue weighted by molar-refractivity contribution is -0.115. The Hall–Kier alpha value is -3.33. The SMILES string of the molecule is COc1ccc(CC(=O)Nc2c(C)nc3c(N4CCOCC4)nccn23)cc1OC. The van der Waals surface area contributed by atoms with E-state index in [-0.39, 0.29) is 12.3 Å². The number of fused-ring (bicyclic) bond motifs is 1. The van der Waals surface area contributed by atoms with Gasteiger partial charge in [0.15, 0.2) is 23.0 Å². The molecule has 0 saturated carbocycles. The molecule has 4 rings (SSSR count). The molecule has 1 N–H and O–H groups in total. The molecule has 1 aromatic carbocycles. The van der Waals surface area contributed by atoms with E-state index in [9.17, 15) is 4.79 Å². The van der Waals surface area contributed by atoms with Gasteiger partial charge in [0.05, 0.1) is 39.5 Å². The summed E-state index contributed by atoms with van der Waals surface area (Å²) in [5.74, 6) is 2.52. The number of carbonyl (C=O) groups excluding carboxylic acids is 1. The number of nitrogens with zero attached hydrogens (tertiary/aromatic N) is 4. The van der Waals surface area contributed by atoms with Gasteiger partial charge in [0.25, 0.3) is 0 Å². The van der Waals surface area contributed by atoms with Crippen LogP contribution < -0.4 is 19.7 Å². The number of morpholine rings is 1. The second kappa shape index (κ2) is 8.58. The number of benzene rings is 1. The van der Waals surface area contributed by atoms with Gasteiger partial charge < -0.3 is 24.4 Å². The Bertz CT molecular complexity index is 1060. The summed E-state index contributed by atoms with van der Waals surface area (Å²) < 4.78 is 17.9. The van der Waals surface area contributed by atoms with Crippen LogP contribution in [0.25, 0.3) is 5.65 Å². The van der Waals surface area contributed by atoms with E-state index >= 15 is 0 Å². The van der Waals surface area contributed by atoms with Crippen LogP contribution in [0.5, 0.6) is 11.5 Å². The largest absolute Gasteiger partial charge is 0.493 e. The Labute approximate surface area is 174 Å². The zero-order valence-corrected chi connectivity index (χ0v) is 17.3. The summed E-state index contributed by atoms with van der Waals surface area (Å²) >= 11 is 0. The van der Waals surface area contributed by atoms with Gasteiger partial charge in [0, 0.05) is 25.5 Å². The first-order chi connectivity index (χ1) is 14.6. The molecule has 0 bridgehead atoms. The van der Waals surface area contributed by atoms with E-state index in [0.29, 0.717) is 30.5 Å². The van der Waals surface area contributed by atoms with E-state index in [1.165, 1.54) is 0 Å². The predicted molar refractivity (Wildman–Crippen MR) is 113 cm³/mol. The Morgan fingerprint density at radius 3 is 2.70 bits per heavy atom. The number of ether oxygens (including phenoxy) is 3. The molecule has 3 heterocycles. The van der Waals surface area contributed by atoms with E-state index in [1.807, 2.05) is 23.6 Å². The van der Waals surface area contributed by atoms with Gasteiger partial charge in [-0.05, 0) is 24.6 Å². The minimum Gasteiger partial charge on any atom is -0.493 e. The first-order valence-electron chi connectivity index (χ1n) is 9.78. The van der Waals surface area contributed by atoms with Gasteiger partial charge in [0.1, 0.15) is 5.82 Å². The van der Waals surface area contributed by atoms with Crippen molar-refractivity contribution < 1.29 is 19.0 Å². The first-order valence-corrected chi connectivity index (χ1v) is 9.78. The highest BCUT2D eigenvalue weighted by atomic mass is 16.5. The monoisotopic (exact) mass is 411 g/mol. The highest BCUT2D eigenvalue weighted by Crippen LogP contribution is 2.28. The average Bonchev–Trinajstić information content (AvgIpc) is 3.09. The van der Waals surface area contributed by atoms with Crippen LogP contribution in [0.3, 0.4) is 0 Å². The van der Waals surface area contributed by atoms with Crippen molar-refractivity contribution in [3.63, 3.8) is 0 Å². The molecular formula is C21H25N5O4. The summed E-state index contributed by atoms with van der Waals surface area (Å²) in [5, 5.41) is 3.00. The number of nitrogens with one attached hydrogen (secondary N) is 1. The first kappa shape index (κ1) is 20.0. The molecule has 30 heavy (non-hydrogen) atoms. The third kappa shape index (κ3) is 3.88. The number of hydrogen-bond donors (Lipinski definition) is 1. The van der Waals surface area contributed by atoms with E-state index in [0.717, 1.165) is 35.8 Å². The molecule has 1 aliphatic heterocycles. The van der Waals surface area contributed by atoms with Crippen LogP contribution >= 0.6 is 0 Å². The molecule has 1 amide bonds. The van der Waals surface area contributed by atoms with E-state index in [1.54, 1.807) is 32.5 Å². The second-order valence-corrected chi connectivity index (χ2v) is 7.00. The Balaban J connectivity index is 1.56. The van der Waals surface area contributed by atoms with Crippen molar-refractivity contribution in [1.82, 2.24) is 14.4 Å². The van der Waals surface area contributed by atoms with Crippen LogP contribution in [-0.4, -0.2) is 60.8 Å². The molecule has 158 valence electrons. The molecular weight excluding hydrogens is 386 g/mol. The molecule has 3 aromatic rings. The van der Waals surface area contributed by atoms with Gasteiger partial charge in [-0.1, -0.05) is 6.07 Å². The minimum atomic E-state index is -0.142. The summed E-state index contributed by atoms with van der Waals surface area (Å²) in [6.07, 6.45) is 3.74. The van der Waals surface area contributed by atoms with Crippen molar-refractivity contribution in [2.45, 2.75) is 13.3 Å². The van der Waals surface area contributed by atoms with Crippen LogP contribution in [0.1, 0.15) is 11.3 Å². The highest BCUT2D eigenvalue weighted by molar-refractivity contribution is 5.93. The molecule has 1 aliphatic rings. The number of amides is 1. The fraction of sp³-hybridized carbons (Fsp3) is 0.381. The van der Waals surface area contributed by atoms with Crippen molar-refractivity contribution in [1.29, 1.82) is 0 Å². The number of carbonyl (C=O) groups is 1. The topological polar surface area (TPSA) is 90.2 Å². The van der Waals surface area contributed by atoms with E-state index in [4.69, 9.17) is 14.2 Å². The Morgan fingerprint density at radius 2 is 1.97 bits per heavy atom. The second-order valence-electron chi connectivity index (χ2n) is 7.00. The number of methoxy groups -OCH3 is 2. The van der Waals surface area contributed by atoms with E-state index in [2.05, 4.69) is 20.2 Å². The van der Waals surface area contributed by atoms with Gasteiger partial charge >= 0.3 is 0 Å². The van der Waals surface area contributed by atoms with Gasteiger partial charge in [-0.3, -0.25) is 9.20 Å². The summed E-state index contributed by atoms with van der Waals surface area (Å²) in [6.45, 7) is 4.73. The summed E-state index contributed by atoms with van der Waals surface area (Å²) in [5.41, 5.74) is 2.28. The maximum absolute atomic E-state index is 12.7. The lowest BCUT2D eigenvalue weighted by Crippen LogP contribution is -2.37. The van der Waals surface area contributed by atoms with Gasteiger partial charge in [-0.25, -0.2) is 9.97 Å². The fourth-order valence-corrected chi connectivity index (χ4v) is 3.58. The molecule has 1 fully saturated rings. The normalized spacial score (nSPS) is 14.0. The number of imidazole rings is 1. The maximum Gasteiger partial charge on any atom is 0.229 e. The minimum absolute atomic E-state index is 0.142. The zero-order valence-electron chi connectivity index (χ0n) is 17.3. The van der Waals surface area contributed by atoms with Crippen LogP contribution in [0.15, 0.2) is 30.6 Å². The summed E-state index contributed by atoms with van der Waals surface area (Å²) in [4.78, 5) is 24.1. The van der Waals surface area contributed by atoms with Crippen molar-refractivity contribution in [3.05, 3.63) is 41.9 Å². The molecule has 0 atom stereocenters. The molecule has 0 aliphatic carbocycles. The van der Waals surface area contributed by atoms with Crippen molar-refractivity contribution in [2.24, 2.45) is 0 Å². The number of aryl methyl sites for hydroxylation is 1. The van der Waals surface area contributed by atoms with Crippen LogP contribution in [0, 0.1) is 6.92 Å². The lowest BCUT2D eigenvalue weighted by atomic mass is 10.1. The van der Waals surface area contributed by atoms with Crippen molar-refractivity contribution in [3.8, 4) is 11.5 Å². The van der Waals surface area contributed by atoms with Crippen LogP contribution in [-0.2, 0) is 16.0 Å². The quantitative estimate of drug-likeness (QED) is 0.664.